The van der Waals surface area contributed by atoms with Gasteiger partial charge in [0.05, 0.1) is 59.5 Å². The number of pyridine rings is 5. The quantitative estimate of drug-likeness (QED) is 0.0915. The van der Waals surface area contributed by atoms with Crippen LogP contribution in [0.3, 0.4) is 0 Å². The molecule has 0 radical (unpaired) electrons. The maximum Gasteiger partial charge on any atom is 0 e. The monoisotopic (exact) mass is 918 g/mol. The zero-order valence-corrected chi connectivity index (χ0v) is 30.5. The SMILES string of the molecule is COC(=O)c1cc(-c2ccccn2)cc(-c2ccccn2)c1.COC(=O)c1cc(-c2ccccn2)nc(-c2ccccn2)c1.F[P-](F)(F)(F)(F)F.[Os]. The van der Waals surface area contributed by atoms with E-state index in [2.05, 4.69) is 24.9 Å². The molecule has 0 amide bonds. The molecule has 0 saturated carbocycles. The molecule has 0 aliphatic heterocycles. The van der Waals surface area contributed by atoms with E-state index in [9.17, 15) is 34.8 Å². The van der Waals surface area contributed by atoms with Crippen molar-refractivity contribution in [3.8, 4) is 45.3 Å². The smallest absolute Gasteiger partial charge is 0 e. The topological polar surface area (TPSA) is 117 Å². The molecule has 0 unspecified atom stereocenters. The van der Waals surface area contributed by atoms with Crippen LogP contribution in [0.4, 0.5) is 25.2 Å². The third kappa shape index (κ3) is 13.7. The standard InChI is InChI=1S/C18H14N2O2.C17H13N3O2.F6P.Os/c1-22-18(21)15-11-13(16-6-2-4-8-19-16)10-14(12-15)17-7-3-5-9-20-17;1-22-17(21)12-10-15(13-6-2-4-8-18-13)20-16(11-12)14-7-3-5-9-19-14;1-7(2,3,4,5)6;/h2-12H,1H3;2-11H,1H3;;/q;;-1;. The van der Waals surface area contributed by atoms with E-state index in [4.69, 9.17) is 9.47 Å². The minimum Gasteiger partial charge on any atom is 0 e. The summed E-state index contributed by atoms with van der Waals surface area (Å²) in [6.07, 6.45) is 6.81. The molecule has 272 valence electrons. The molecule has 0 spiro atoms. The molecule has 9 nitrogen and oxygen atoms in total. The van der Waals surface area contributed by atoms with Crippen LogP contribution in [0.5, 0.6) is 0 Å². The van der Waals surface area contributed by atoms with Gasteiger partial charge in [0, 0.05) is 55.7 Å². The zero-order chi connectivity index (χ0) is 37.1. The van der Waals surface area contributed by atoms with Gasteiger partial charge < -0.3 is 9.47 Å². The Morgan fingerprint density at radius 3 is 1.08 bits per heavy atom. The molecule has 6 aromatic rings. The van der Waals surface area contributed by atoms with E-state index in [0.29, 0.717) is 33.9 Å². The number of ether oxygens (including phenoxy) is 2. The van der Waals surface area contributed by atoms with Crippen LogP contribution in [0, 0.1) is 0 Å². The largest absolute Gasteiger partial charge is 0 e. The second-order valence-electron chi connectivity index (χ2n) is 10.2. The second-order valence-corrected chi connectivity index (χ2v) is 12.1. The van der Waals surface area contributed by atoms with Crippen molar-refractivity contribution in [1.29, 1.82) is 0 Å². The van der Waals surface area contributed by atoms with Gasteiger partial charge in [0.2, 0.25) is 0 Å². The first-order valence-electron chi connectivity index (χ1n) is 14.6. The number of halogens is 6. The summed E-state index contributed by atoms with van der Waals surface area (Å²) in [5.74, 6) is -0.799. The Morgan fingerprint density at radius 1 is 0.481 bits per heavy atom. The molecule has 0 saturated heterocycles. The number of carbonyl (C=O) groups excluding carboxylic acids is 2. The minimum absolute atomic E-state index is 0. The maximum atomic E-state index is 11.9. The van der Waals surface area contributed by atoms with Crippen molar-refractivity contribution in [3.05, 3.63) is 139 Å². The van der Waals surface area contributed by atoms with Crippen LogP contribution >= 0.6 is 7.81 Å². The van der Waals surface area contributed by atoms with E-state index < -0.39 is 13.8 Å². The van der Waals surface area contributed by atoms with E-state index in [1.165, 1.54) is 14.2 Å². The van der Waals surface area contributed by atoms with Gasteiger partial charge in [-0.2, -0.15) is 0 Å². The molecule has 0 aliphatic rings. The fraction of sp³-hybridized carbons (Fsp3) is 0.0571. The number of hydrogen-bond donors (Lipinski definition) is 0. The van der Waals surface area contributed by atoms with Gasteiger partial charge in [-0.05, 0) is 78.9 Å². The predicted octanol–water partition coefficient (Wildman–Crippen LogP) is 9.97. The van der Waals surface area contributed by atoms with Crippen LogP contribution < -0.4 is 0 Å². The van der Waals surface area contributed by atoms with Gasteiger partial charge in [0.1, 0.15) is 0 Å². The van der Waals surface area contributed by atoms with E-state index in [-0.39, 0.29) is 25.8 Å². The third-order valence-corrected chi connectivity index (χ3v) is 6.38. The van der Waals surface area contributed by atoms with Gasteiger partial charge in [-0.15, -0.1) is 0 Å². The fourth-order valence-electron chi connectivity index (χ4n) is 4.28. The summed E-state index contributed by atoms with van der Waals surface area (Å²) in [5.41, 5.74) is 6.76. The van der Waals surface area contributed by atoms with Crippen molar-refractivity contribution in [2.45, 2.75) is 0 Å². The number of hydrogen-bond acceptors (Lipinski definition) is 9. The van der Waals surface area contributed by atoms with E-state index >= 15 is 0 Å². The number of methoxy groups -OCH3 is 2. The van der Waals surface area contributed by atoms with Crippen molar-refractivity contribution in [1.82, 2.24) is 24.9 Å². The molecule has 0 bridgehead atoms. The normalized spacial score (nSPS) is 11.8. The molecular formula is C35H27F6N5O4OsP-. The van der Waals surface area contributed by atoms with Crippen molar-refractivity contribution >= 4 is 19.7 Å². The van der Waals surface area contributed by atoms with Gasteiger partial charge in [0.15, 0.2) is 0 Å². The molecule has 0 aliphatic carbocycles. The summed E-state index contributed by atoms with van der Waals surface area (Å²) < 4.78 is 68.8. The summed E-state index contributed by atoms with van der Waals surface area (Å²) in [5, 5.41) is 0. The summed E-state index contributed by atoms with van der Waals surface area (Å²) >= 11 is 0. The summed E-state index contributed by atoms with van der Waals surface area (Å²) in [6.45, 7) is 0. The summed E-state index contributed by atoms with van der Waals surface area (Å²) in [4.78, 5) is 45.6. The Balaban J connectivity index is 0.000000234. The average molecular weight is 917 g/mol. The molecule has 5 aromatic heterocycles. The summed E-state index contributed by atoms with van der Waals surface area (Å²) in [6, 6.07) is 31.3. The van der Waals surface area contributed by atoms with Gasteiger partial charge in [-0.3, -0.25) is 19.9 Å². The molecular weight excluding hydrogens is 890 g/mol. The Hall–Kier alpha value is -5.44. The van der Waals surface area contributed by atoms with Gasteiger partial charge in [-0.25, -0.2) is 14.6 Å². The van der Waals surface area contributed by atoms with Crippen molar-refractivity contribution in [2.75, 3.05) is 14.2 Å². The van der Waals surface area contributed by atoms with Crippen LogP contribution in [-0.4, -0.2) is 51.1 Å². The molecule has 17 heteroatoms. The van der Waals surface area contributed by atoms with Crippen LogP contribution in [0.25, 0.3) is 45.3 Å². The molecule has 0 N–H and O–H groups in total. The van der Waals surface area contributed by atoms with Gasteiger partial charge in [-0.1, -0.05) is 24.3 Å². The molecule has 52 heavy (non-hydrogen) atoms. The average Bonchev–Trinajstić information content (AvgIpc) is 3.14. The fourth-order valence-corrected chi connectivity index (χ4v) is 4.28. The first kappa shape index (κ1) is 41.0. The number of nitrogens with zero attached hydrogens (tertiary/aromatic N) is 5. The predicted molar refractivity (Wildman–Crippen MR) is 180 cm³/mol. The Bertz CT molecular complexity index is 1840. The molecule has 5 heterocycles. The van der Waals surface area contributed by atoms with Crippen LogP contribution in [0.1, 0.15) is 20.7 Å². The van der Waals surface area contributed by atoms with Crippen molar-refractivity contribution in [2.24, 2.45) is 0 Å². The number of benzene rings is 1. The van der Waals surface area contributed by atoms with Crippen LogP contribution in [0.15, 0.2) is 128 Å². The number of rotatable bonds is 6. The first-order chi connectivity index (χ1) is 24.0. The number of esters is 2. The second kappa shape index (κ2) is 16.7. The number of aromatic nitrogens is 5. The maximum absolute atomic E-state index is 11.9. The summed E-state index contributed by atoms with van der Waals surface area (Å²) in [7, 11) is -7.94. The molecule has 6 rings (SSSR count). The Labute approximate surface area is 306 Å². The minimum atomic E-state index is -10.7. The molecule has 1 aromatic carbocycles. The van der Waals surface area contributed by atoms with E-state index in [0.717, 1.165) is 22.5 Å². The third-order valence-electron chi connectivity index (χ3n) is 6.38. The molecule has 0 atom stereocenters. The van der Waals surface area contributed by atoms with Crippen LogP contribution in [-0.2, 0) is 29.3 Å². The number of carbonyl (C=O) groups is 2. The van der Waals surface area contributed by atoms with Crippen molar-refractivity contribution < 1.29 is 64.0 Å². The van der Waals surface area contributed by atoms with Crippen LogP contribution in [0.2, 0.25) is 0 Å². The Morgan fingerprint density at radius 2 is 0.788 bits per heavy atom. The van der Waals surface area contributed by atoms with Crippen molar-refractivity contribution in [3.63, 3.8) is 0 Å². The van der Waals surface area contributed by atoms with Gasteiger partial charge in [0.25, 0.3) is 0 Å². The molecule has 0 fully saturated rings. The van der Waals surface area contributed by atoms with Gasteiger partial charge >= 0.3 is 44.9 Å². The van der Waals surface area contributed by atoms with E-state index in [1.807, 2.05) is 78.9 Å². The first-order valence-corrected chi connectivity index (χ1v) is 16.6. The zero-order valence-electron chi connectivity index (χ0n) is 27.1. The Kier molecular flexibility index (Phi) is 13.2. The van der Waals surface area contributed by atoms with E-state index in [1.54, 1.807) is 49.1 Å².